The highest BCUT2D eigenvalue weighted by molar-refractivity contribution is 5.48. The smallest absolute Gasteiger partial charge is 0.177 e. The van der Waals surface area contributed by atoms with E-state index in [1.54, 1.807) is 16.8 Å². The summed E-state index contributed by atoms with van der Waals surface area (Å²) in [6, 6.07) is 16.5. The Morgan fingerprint density at radius 1 is 1.08 bits per heavy atom. The maximum Gasteiger partial charge on any atom is 0.177 e. The van der Waals surface area contributed by atoms with Gasteiger partial charge in [-0.1, -0.05) is 35.5 Å². The van der Waals surface area contributed by atoms with Crippen molar-refractivity contribution in [2.45, 2.75) is 12.8 Å². The number of rotatable bonds is 4. The number of halogens is 1. The predicted molar refractivity (Wildman–Crippen MR) is 88.0 cm³/mol. The molecule has 1 atom stereocenters. The van der Waals surface area contributed by atoms with Crippen LogP contribution in [-0.4, -0.2) is 28.1 Å². The van der Waals surface area contributed by atoms with Gasteiger partial charge >= 0.3 is 0 Å². The summed E-state index contributed by atoms with van der Waals surface area (Å²) in [4.78, 5) is 2.17. The average molecular weight is 324 g/mol. The van der Waals surface area contributed by atoms with Gasteiger partial charge in [0, 0.05) is 12.2 Å². The summed E-state index contributed by atoms with van der Waals surface area (Å²) in [5.74, 6) is -0.240. The van der Waals surface area contributed by atoms with Crippen LogP contribution in [0.1, 0.15) is 17.5 Å². The summed E-state index contributed by atoms with van der Waals surface area (Å²) in [6.45, 7) is 2.02. The molecule has 122 valence electrons. The van der Waals surface area contributed by atoms with E-state index in [1.165, 1.54) is 12.1 Å². The fraction of sp³-hybridized carbons (Fsp3) is 0.222. The number of ether oxygens (including phenoxy) is 1. The zero-order valence-electron chi connectivity index (χ0n) is 13.0. The molecular weight excluding hydrogens is 307 g/mol. The first kappa shape index (κ1) is 14.8. The SMILES string of the molecule is Fc1ccc(Cn2cc([C@H]3OCCN3c3ccccc3)nn2)cc1. The molecule has 1 aromatic heterocycles. The minimum absolute atomic E-state index is 0.227. The number of benzene rings is 2. The summed E-state index contributed by atoms with van der Waals surface area (Å²) < 4.78 is 20.6. The van der Waals surface area contributed by atoms with E-state index >= 15 is 0 Å². The van der Waals surface area contributed by atoms with Crippen LogP contribution in [0, 0.1) is 5.82 Å². The third-order valence-electron chi connectivity index (χ3n) is 4.05. The van der Waals surface area contributed by atoms with Crippen LogP contribution < -0.4 is 4.90 Å². The molecule has 0 radical (unpaired) electrons. The van der Waals surface area contributed by atoms with Crippen LogP contribution in [-0.2, 0) is 11.3 Å². The molecule has 4 rings (SSSR count). The Hall–Kier alpha value is -2.73. The van der Waals surface area contributed by atoms with E-state index in [4.69, 9.17) is 4.74 Å². The molecule has 5 nitrogen and oxygen atoms in total. The molecule has 0 saturated carbocycles. The number of nitrogens with zero attached hydrogens (tertiary/aromatic N) is 4. The van der Waals surface area contributed by atoms with Gasteiger partial charge in [-0.05, 0) is 29.8 Å². The second-order valence-corrected chi connectivity index (χ2v) is 5.72. The van der Waals surface area contributed by atoms with Gasteiger partial charge in [0.1, 0.15) is 11.5 Å². The summed E-state index contributed by atoms with van der Waals surface area (Å²) in [5, 5.41) is 8.43. The normalized spacial score (nSPS) is 17.4. The van der Waals surface area contributed by atoms with Crippen molar-refractivity contribution in [1.29, 1.82) is 0 Å². The van der Waals surface area contributed by atoms with E-state index in [-0.39, 0.29) is 12.0 Å². The molecule has 2 heterocycles. The summed E-state index contributed by atoms with van der Waals surface area (Å²) in [7, 11) is 0. The van der Waals surface area contributed by atoms with Gasteiger partial charge in [-0.2, -0.15) is 0 Å². The van der Waals surface area contributed by atoms with Crippen molar-refractivity contribution in [3.8, 4) is 0 Å². The number of para-hydroxylation sites is 1. The van der Waals surface area contributed by atoms with Crippen LogP contribution >= 0.6 is 0 Å². The molecule has 0 aliphatic carbocycles. The minimum Gasteiger partial charge on any atom is -0.350 e. The Kier molecular flexibility index (Phi) is 3.96. The van der Waals surface area contributed by atoms with E-state index in [2.05, 4.69) is 27.3 Å². The zero-order chi connectivity index (χ0) is 16.4. The van der Waals surface area contributed by atoms with Crippen molar-refractivity contribution in [3.05, 3.63) is 77.9 Å². The Morgan fingerprint density at radius 3 is 2.67 bits per heavy atom. The molecule has 0 unspecified atom stereocenters. The van der Waals surface area contributed by atoms with Crippen molar-refractivity contribution < 1.29 is 9.13 Å². The summed E-state index contributed by atoms with van der Waals surface area (Å²) in [5.41, 5.74) is 2.85. The maximum atomic E-state index is 13.0. The van der Waals surface area contributed by atoms with E-state index in [0.717, 1.165) is 23.5 Å². The lowest BCUT2D eigenvalue weighted by Crippen LogP contribution is -2.23. The van der Waals surface area contributed by atoms with Crippen LogP contribution in [0.3, 0.4) is 0 Å². The lowest BCUT2D eigenvalue weighted by molar-refractivity contribution is 0.110. The van der Waals surface area contributed by atoms with Gasteiger partial charge in [-0.15, -0.1) is 5.10 Å². The molecule has 3 aromatic rings. The molecule has 0 spiro atoms. The molecule has 0 amide bonds. The lowest BCUT2D eigenvalue weighted by Gasteiger charge is -2.23. The van der Waals surface area contributed by atoms with Gasteiger partial charge in [0.05, 0.1) is 19.3 Å². The second-order valence-electron chi connectivity index (χ2n) is 5.72. The fourth-order valence-corrected chi connectivity index (χ4v) is 2.88. The van der Waals surface area contributed by atoms with Crippen LogP contribution in [0.15, 0.2) is 60.8 Å². The average Bonchev–Trinajstić information content (AvgIpc) is 3.27. The highest BCUT2D eigenvalue weighted by Gasteiger charge is 2.29. The molecular formula is C18H17FN4O. The Bertz CT molecular complexity index is 803. The van der Waals surface area contributed by atoms with Gasteiger partial charge in [-0.3, -0.25) is 0 Å². The predicted octanol–water partition coefficient (Wildman–Crippen LogP) is 3.00. The van der Waals surface area contributed by atoms with Gasteiger partial charge < -0.3 is 9.64 Å². The van der Waals surface area contributed by atoms with Gasteiger partial charge in [0.25, 0.3) is 0 Å². The van der Waals surface area contributed by atoms with Crippen molar-refractivity contribution in [3.63, 3.8) is 0 Å². The first-order valence-corrected chi connectivity index (χ1v) is 7.87. The topological polar surface area (TPSA) is 43.2 Å². The van der Waals surface area contributed by atoms with Crippen molar-refractivity contribution in [2.75, 3.05) is 18.1 Å². The molecule has 1 saturated heterocycles. The third kappa shape index (κ3) is 3.00. The first-order valence-electron chi connectivity index (χ1n) is 7.87. The van der Waals surface area contributed by atoms with Crippen molar-refractivity contribution in [1.82, 2.24) is 15.0 Å². The van der Waals surface area contributed by atoms with E-state index < -0.39 is 0 Å². The quantitative estimate of drug-likeness (QED) is 0.740. The minimum atomic E-state index is -0.240. The molecule has 24 heavy (non-hydrogen) atoms. The third-order valence-corrected chi connectivity index (χ3v) is 4.05. The molecule has 2 aromatic carbocycles. The number of aromatic nitrogens is 3. The summed E-state index contributed by atoms with van der Waals surface area (Å²) >= 11 is 0. The zero-order valence-corrected chi connectivity index (χ0v) is 13.0. The highest BCUT2D eigenvalue weighted by Crippen LogP contribution is 2.30. The molecule has 1 aliphatic heterocycles. The Balaban J connectivity index is 1.52. The van der Waals surface area contributed by atoms with Crippen LogP contribution in [0.2, 0.25) is 0 Å². The Morgan fingerprint density at radius 2 is 1.88 bits per heavy atom. The molecule has 6 heteroatoms. The molecule has 1 fully saturated rings. The van der Waals surface area contributed by atoms with Gasteiger partial charge in [0.15, 0.2) is 6.23 Å². The van der Waals surface area contributed by atoms with Crippen LogP contribution in [0.25, 0.3) is 0 Å². The molecule has 0 bridgehead atoms. The number of hydrogen-bond donors (Lipinski definition) is 0. The fourth-order valence-electron chi connectivity index (χ4n) is 2.88. The number of anilines is 1. The standard InChI is InChI=1S/C18H17FN4O/c19-15-8-6-14(7-9-15)12-22-13-17(20-21-22)18-23(10-11-24-18)16-4-2-1-3-5-16/h1-9,13,18H,10-12H2/t18-/m1/s1. The van der Waals surface area contributed by atoms with E-state index in [9.17, 15) is 4.39 Å². The maximum absolute atomic E-state index is 13.0. The second kappa shape index (κ2) is 6.41. The number of hydrogen-bond acceptors (Lipinski definition) is 4. The largest absolute Gasteiger partial charge is 0.350 e. The highest BCUT2D eigenvalue weighted by atomic mass is 19.1. The molecule has 1 aliphatic rings. The van der Waals surface area contributed by atoms with E-state index in [0.29, 0.717) is 13.2 Å². The monoisotopic (exact) mass is 324 g/mol. The van der Waals surface area contributed by atoms with Crippen molar-refractivity contribution in [2.24, 2.45) is 0 Å². The molecule has 0 N–H and O–H groups in total. The first-order chi connectivity index (χ1) is 11.8. The van der Waals surface area contributed by atoms with Crippen LogP contribution in [0.5, 0.6) is 0 Å². The van der Waals surface area contributed by atoms with Gasteiger partial charge in [0.2, 0.25) is 0 Å². The van der Waals surface area contributed by atoms with Crippen molar-refractivity contribution >= 4 is 5.69 Å². The van der Waals surface area contributed by atoms with E-state index in [1.807, 2.05) is 24.4 Å². The Labute approximate surface area is 139 Å². The van der Waals surface area contributed by atoms with Gasteiger partial charge in [-0.25, -0.2) is 9.07 Å². The lowest BCUT2D eigenvalue weighted by atomic mass is 10.2. The summed E-state index contributed by atoms with van der Waals surface area (Å²) in [6.07, 6.45) is 1.66. The van der Waals surface area contributed by atoms with Crippen LogP contribution in [0.4, 0.5) is 10.1 Å².